The zero-order chi connectivity index (χ0) is 23.6. The van der Waals surface area contributed by atoms with E-state index in [1.807, 2.05) is 13.8 Å². The van der Waals surface area contributed by atoms with Crippen LogP contribution in [0.1, 0.15) is 110 Å². The number of ketones is 2. The molecule has 0 aromatic carbocycles. The standard InChI is InChI=1S/2C13H25O.W/c2*1-10(14)13(8,12(5,6)7)9-11(2,3)4;/h2*1,9H2,2-8H3;/q2*-1;+2. The average molecular weight is 579 g/mol. The predicted molar refractivity (Wildman–Crippen MR) is 124 cm³/mol. The van der Waals surface area contributed by atoms with Gasteiger partial charge in [0.15, 0.2) is 0 Å². The fraction of sp³-hybridized carbons (Fsp3) is 0.846. The summed E-state index contributed by atoms with van der Waals surface area (Å²) in [6.45, 7) is 37.0. The minimum Gasteiger partial charge on any atom is -0.339 e. The molecule has 3 heteroatoms. The third-order valence-electron chi connectivity index (χ3n) is 6.31. The Hall–Kier alpha value is -0.232. The topological polar surface area (TPSA) is 34.1 Å². The fourth-order valence-corrected chi connectivity index (χ4v) is 3.69. The Kier molecular flexibility index (Phi) is 12.0. The van der Waals surface area contributed by atoms with E-state index in [4.69, 9.17) is 0 Å². The summed E-state index contributed by atoms with van der Waals surface area (Å²) in [4.78, 5) is 23.4. The summed E-state index contributed by atoms with van der Waals surface area (Å²) < 4.78 is 0. The van der Waals surface area contributed by atoms with Crippen LogP contribution in [0.25, 0.3) is 0 Å². The van der Waals surface area contributed by atoms with Crippen molar-refractivity contribution in [2.75, 3.05) is 0 Å². The van der Waals surface area contributed by atoms with E-state index >= 15 is 0 Å². The maximum absolute atomic E-state index is 11.7. The molecule has 0 aromatic rings. The van der Waals surface area contributed by atoms with E-state index in [-0.39, 0.29) is 65.1 Å². The van der Waals surface area contributed by atoms with Gasteiger partial charge in [-0.3, -0.25) is 0 Å². The SMILES string of the molecule is [CH2-]C(=O)C(C)(CC(C)(C)C)C(C)(C)C.[CH2-]C(=O)C(C)(CC(C)(C)C)C(C)(C)C.[W+2]. The van der Waals surface area contributed by atoms with Crippen molar-refractivity contribution in [2.24, 2.45) is 32.5 Å². The maximum atomic E-state index is 11.7. The number of rotatable bonds is 4. The molecule has 0 saturated carbocycles. The van der Waals surface area contributed by atoms with Gasteiger partial charge in [-0.25, -0.2) is 0 Å². The van der Waals surface area contributed by atoms with Crippen LogP contribution in [0.4, 0.5) is 0 Å². The van der Waals surface area contributed by atoms with Gasteiger partial charge in [-0.15, -0.1) is 0 Å². The first kappa shape index (κ1) is 33.4. The Bertz CT molecular complexity index is 485. The normalized spacial score (nSPS) is 17.0. The Balaban J connectivity index is -0.000000451. The zero-order valence-corrected chi connectivity index (χ0v) is 25.0. The summed E-state index contributed by atoms with van der Waals surface area (Å²) in [5.74, 6) is 0.111. The van der Waals surface area contributed by atoms with E-state index in [2.05, 4.69) is 96.9 Å². The van der Waals surface area contributed by atoms with Gasteiger partial charge >= 0.3 is 21.1 Å². The number of hydrogen-bond acceptors (Lipinski definition) is 2. The first-order valence-electron chi connectivity index (χ1n) is 10.5. The molecular formula is C26H50O2W. The molecule has 0 amide bonds. The van der Waals surface area contributed by atoms with E-state index in [9.17, 15) is 9.59 Å². The third kappa shape index (κ3) is 10.6. The van der Waals surface area contributed by atoms with Gasteiger partial charge in [-0.05, 0) is 34.5 Å². The second kappa shape index (κ2) is 10.4. The Labute approximate surface area is 198 Å². The van der Waals surface area contributed by atoms with E-state index < -0.39 is 0 Å². The zero-order valence-electron chi connectivity index (χ0n) is 22.1. The van der Waals surface area contributed by atoms with Gasteiger partial charge in [0.2, 0.25) is 0 Å². The molecule has 0 rings (SSSR count). The summed E-state index contributed by atoms with van der Waals surface area (Å²) in [5, 5.41) is 0. The van der Waals surface area contributed by atoms with Crippen molar-refractivity contribution in [3.8, 4) is 0 Å². The largest absolute Gasteiger partial charge is 2.00 e. The van der Waals surface area contributed by atoms with Gasteiger partial charge in [0.25, 0.3) is 0 Å². The first-order chi connectivity index (χ1) is 11.8. The molecule has 0 saturated heterocycles. The summed E-state index contributed by atoms with van der Waals surface area (Å²) in [6, 6.07) is 0. The molecule has 0 aliphatic rings. The van der Waals surface area contributed by atoms with Crippen LogP contribution in [-0.4, -0.2) is 11.6 Å². The smallest absolute Gasteiger partial charge is 0.339 e. The van der Waals surface area contributed by atoms with Crippen LogP contribution in [0.15, 0.2) is 0 Å². The number of carbonyl (C=O) groups is 2. The van der Waals surface area contributed by atoms with Crippen LogP contribution >= 0.6 is 0 Å². The van der Waals surface area contributed by atoms with Crippen LogP contribution in [0.3, 0.4) is 0 Å². The molecule has 0 bridgehead atoms. The van der Waals surface area contributed by atoms with Crippen molar-refractivity contribution >= 4 is 11.6 Å². The van der Waals surface area contributed by atoms with Gasteiger partial charge < -0.3 is 23.4 Å². The van der Waals surface area contributed by atoms with E-state index in [0.717, 1.165) is 12.8 Å². The van der Waals surface area contributed by atoms with Crippen LogP contribution in [0, 0.1) is 46.3 Å². The number of carbonyl (C=O) groups excluding carboxylic acids is 2. The van der Waals surface area contributed by atoms with Gasteiger partial charge in [-0.1, -0.05) is 96.9 Å². The second-order valence-corrected chi connectivity index (χ2v) is 13.5. The van der Waals surface area contributed by atoms with Gasteiger partial charge in [0.1, 0.15) is 0 Å². The molecule has 2 unspecified atom stereocenters. The molecule has 0 spiro atoms. The van der Waals surface area contributed by atoms with Crippen molar-refractivity contribution in [1.29, 1.82) is 0 Å². The third-order valence-corrected chi connectivity index (χ3v) is 6.31. The van der Waals surface area contributed by atoms with E-state index in [0.29, 0.717) is 0 Å². The Morgan fingerprint density at radius 3 is 0.724 bits per heavy atom. The molecule has 2 atom stereocenters. The molecule has 172 valence electrons. The van der Waals surface area contributed by atoms with Crippen molar-refractivity contribution < 1.29 is 30.7 Å². The van der Waals surface area contributed by atoms with Crippen molar-refractivity contribution in [2.45, 2.75) is 110 Å². The van der Waals surface area contributed by atoms with Crippen molar-refractivity contribution in [3.05, 3.63) is 13.8 Å². The minimum atomic E-state index is -0.328. The van der Waals surface area contributed by atoms with Gasteiger partial charge in [-0.2, -0.15) is 0 Å². The second-order valence-electron chi connectivity index (χ2n) is 13.5. The molecule has 0 heterocycles. The van der Waals surface area contributed by atoms with Crippen LogP contribution < -0.4 is 0 Å². The minimum absolute atomic E-state index is 0. The fourth-order valence-electron chi connectivity index (χ4n) is 3.69. The van der Waals surface area contributed by atoms with Crippen molar-refractivity contribution in [3.63, 3.8) is 0 Å². The molecule has 0 fully saturated rings. The molecule has 0 aliphatic carbocycles. The van der Waals surface area contributed by atoms with Crippen LogP contribution in [0.5, 0.6) is 0 Å². The molecule has 2 nitrogen and oxygen atoms in total. The average Bonchev–Trinajstić information content (AvgIpc) is 2.31. The molecule has 0 aromatic heterocycles. The van der Waals surface area contributed by atoms with Gasteiger partial charge in [0, 0.05) is 22.4 Å². The summed E-state index contributed by atoms with van der Waals surface area (Å²) in [7, 11) is 0. The number of Topliss-reactive ketones (excluding diaryl/α,β-unsaturated/α-hetero) is 2. The Morgan fingerprint density at radius 2 is 0.690 bits per heavy atom. The first-order valence-corrected chi connectivity index (χ1v) is 10.5. The molecule has 0 radical (unpaired) electrons. The Morgan fingerprint density at radius 1 is 0.517 bits per heavy atom. The maximum Gasteiger partial charge on any atom is 2.00 e. The molecule has 0 aliphatic heterocycles. The quantitative estimate of drug-likeness (QED) is 0.320. The summed E-state index contributed by atoms with van der Waals surface area (Å²) >= 11 is 0. The van der Waals surface area contributed by atoms with Gasteiger partial charge in [0.05, 0.1) is 0 Å². The van der Waals surface area contributed by atoms with Crippen molar-refractivity contribution in [1.82, 2.24) is 0 Å². The number of hydrogen-bond donors (Lipinski definition) is 0. The molecule has 29 heavy (non-hydrogen) atoms. The summed E-state index contributed by atoms with van der Waals surface area (Å²) in [6.07, 6.45) is 1.76. The van der Waals surface area contributed by atoms with E-state index in [1.165, 1.54) is 0 Å². The predicted octanol–water partition coefficient (Wildman–Crippen LogP) is 7.75. The molecular weight excluding hydrogens is 528 g/mol. The van der Waals surface area contributed by atoms with E-state index in [1.54, 1.807) is 0 Å². The molecule has 0 N–H and O–H groups in total. The van der Waals surface area contributed by atoms with Crippen LogP contribution in [-0.2, 0) is 30.7 Å². The van der Waals surface area contributed by atoms with Crippen LogP contribution in [0.2, 0.25) is 0 Å². The summed E-state index contributed by atoms with van der Waals surface area (Å²) in [5.41, 5.74) is -0.389. The monoisotopic (exact) mass is 578 g/mol.